The van der Waals surface area contributed by atoms with Crippen molar-refractivity contribution in [2.75, 3.05) is 7.11 Å². The van der Waals surface area contributed by atoms with E-state index in [0.29, 0.717) is 16.3 Å². The summed E-state index contributed by atoms with van der Waals surface area (Å²) < 4.78 is 10.7. The SMILES string of the molecule is COc1cc(C=Nc2ccc(C(=O)O)cc2)cc(Cl)c1OC(=O)/C=C/c1cccc(Cl)c1. The largest absolute Gasteiger partial charge is 0.493 e. The molecule has 0 radical (unpaired) electrons. The molecule has 3 rings (SSSR count). The van der Waals surface area contributed by atoms with Crippen LogP contribution < -0.4 is 9.47 Å². The summed E-state index contributed by atoms with van der Waals surface area (Å²) in [6.07, 6.45) is 4.37. The van der Waals surface area contributed by atoms with Crippen molar-refractivity contribution in [3.05, 3.63) is 93.5 Å². The van der Waals surface area contributed by atoms with E-state index in [0.717, 1.165) is 5.56 Å². The zero-order valence-corrected chi connectivity index (χ0v) is 18.3. The van der Waals surface area contributed by atoms with E-state index >= 15 is 0 Å². The Kier molecular flexibility index (Phi) is 7.65. The quantitative estimate of drug-likeness (QED) is 0.196. The van der Waals surface area contributed by atoms with Crippen LogP contribution in [0.3, 0.4) is 0 Å². The second-order valence-electron chi connectivity index (χ2n) is 6.45. The second-order valence-corrected chi connectivity index (χ2v) is 7.30. The van der Waals surface area contributed by atoms with Crippen LogP contribution >= 0.6 is 23.2 Å². The second kappa shape index (κ2) is 10.6. The Morgan fingerprint density at radius 1 is 1.00 bits per heavy atom. The first-order valence-corrected chi connectivity index (χ1v) is 10.0. The standard InChI is InChI=1S/C24H17Cl2NO5/c1-31-21-13-16(14-27-19-8-6-17(7-9-19)24(29)30)12-20(26)23(21)32-22(28)10-5-15-3-2-4-18(25)11-15/h2-14H,1H3,(H,29,30)/b10-5+,27-14?. The summed E-state index contributed by atoms with van der Waals surface area (Å²) in [6, 6.07) is 16.3. The normalized spacial score (nSPS) is 11.1. The van der Waals surface area contributed by atoms with Crippen LogP contribution in [-0.4, -0.2) is 30.4 Å². The molecule has 32 heavy (non-hydrogen) atoms. The molecule has 0 fully saturated rings. The van der Waals surface area contributed by atoms with E-state index < -0.39 is 11.9 Å². The highest BCUT2D eigenvalue weighted by Crippen LogP contribution is 2.36. The van der Waals surface area contributed by atoms with Gasteiger partial charge in [-0.15, -0.1) is 0 Å². The maximum atomic E-state index is 12.2. The minimum Gasteiger partial charge on any atom is -0.493 e. The number of hydrogen-bond donors (Lipinski definition) is 1. The molecule has 8 heteroatoms. The zero-order valence-electron chi connectivity index (χ0n) is 16.8. The highest BCUT2D eigenvalue weighted by atomic mass is 35.5. The Balaban J connectivity index is 1.75. The number of rotatable bonds is 7. The number of hydrogen-bond acceptors (Lipinski definition) is 5. The van der Waals surface area contributed by atoms with Gasteiger partial charge in [-0.3, -0.25) is 4.99 Å². The molecule has 0 aliphatic rings. The van der Waals surface area contributed by atoms with Crippen molar-refractivity contribution >= 4 is 53.1 Å². The summed E-state index contributed by atoms with van der Waals surface area (Å²) in [6.45, 7) is 0. The summed E-state index contributed by atoms with van der Waals surface area (Å²) in [5, 5.41) is 9.67. The number of esters is 1. The van der Waals surface area contributed by atoms with Gasteiger partial charge >= 0.3 is 11.9 Å². The van der Waals surface area contributed by atoms with Gasteiger partial charge in [0, 0.05) is 17.3 Å². The van der Waals surface area contributed by atoms with E-state index in [9.17, 15) is 9.59 Å². The number of ether oxygens (including phenoxy) is 2. The zero-order chi connectivity index (χ0) is 23.1. The average Bonchev–Trinajstić information content (AvgIpc) is 2.78. The molecule has 0 spiro atoms. The molecular formula is C24H17Cl2NO5. The molecule has 0 bridgehead atoms. The summed E-state index contributed by atoms with van der Waals surface area (Å²) in [4.78, 5) is 27.5. The fourth-order valence-corrected chi connectivity index (χ4v) is 3.12. The van der Waals surface area contributed by atoms with Gasteiger partial charge in [-0.2, -0.15) is 0 Å². The highest BCUT2D eigenvalue weighted by molar-refractivity contribution is 6.32. The third kappa shape index (κ3) is 6.20. The van der Waals surface area contributed by atoms with Crippen LogP contribution in [0.15, 0.2) is 71.7 Å². The smallest absolute Gasteiger partial charge is 0.336 e. The number of aliphatic imine (C=N–C) groups is 1. The number of benzene rings is 3. The molecule has 3 aromatic rings. The minimum atomic E-state index is -1.01. The summed E-state index contributed by atoms with van der Waals surface area (Å²) >= 11 is 12.2. The van der Waals surface area contributed by atoms with Crippen LogP contribution in [0, 0.1) is 0 Å². The Morgan fingerprint density at radius 3 is 2.41 bits per heavy atom. The number of carbonyl (C=O) groups is 2. The van der Waals surface area contributed by atoms with E-state index in [1.54, 1.807) is 54.6 Å². The number of methoxy groups -OCH3 is 1. The molecule has 0 aromatic heterocycles. The fourth-order valence-electron chi connectivity index (χ4n) is 2.66. The van der Waals surface area contributed by atoms with Gasteiger partial charge in [0.2, 0.25) is 0 Å². The van der Waals surface area contributed by atoms with Crippen molar-refractivity contribution in [2.24, 2.45) is 4.99 Å². The molecule has 0 saturated carbocycles. The minimum absolute atomic E-state index is 0.0814. The highest BCUT2D eigenvalue weighted by Gasteiger charge is 2.14. The molecule has 0 unspecified atom stereocenters. The first-order chi connectivity index (χ1) is 15.4. The third-order valence-electron chi connectivity index (χ3n) is 4.19. The van der Waals surface area contributed by atoms with Crippen LogP contribution in [0.2, 0.25) is 10.0 Å². The number of halogens is 2. The summed E-state index contributed by atoms with van der Waals surface area (Å²) in [5.41, 5.74) is 2.08. The molecule has 3 aromatic carbocycles. The predicted octanol–water partition coefficient (Wildman–Crippen LogP) is 6.07. The van der Waals surface area contributed by atoms with Crippen LogP contribution in [0.4, 0.5) is 5.69 Å². The Morgan fingerprint density at radius 2 is 1.75 bits per heavy atom. The molecule has 0 amide bonds. The molecule has 0 heterocycles. The Bertz CT molecular complexity index is 1200. The number of nitrogens with zero attached hydrogens (tertiary/aromatic N) is 1. The number of carboxylic acids is 1. The van der Waals surface area contributed by atoms with Crippen molar-refractivity contribution < 1.29 is 24.2 Å². The number of carbonyl (C=O) groups excluding carboxylic acids is 1. The lowest BCUT2D eigenvalue weighted by molar-refractivity contribution is -0.129. The van der Waals surface area contributed by atoms with Crippen molar-refractivity contribution in [1.29, 1.82) is 0 Å². The third-order valence-corrected chi connectivity index (χ3v) is 4.71. The fraction of sp³-hybridized carbons (Fsp3) is 0.0417. The van der Waals surface area contributed by atoms with Gasteiger partial charge < -0.3 is 14.6 Å². The van der Waals surface area contributed by atoms with E-state index in [-0.39, 0.29) is 22.1 Å². The number of carboxylic acid groups (broad SMARTS) is 1. The molecule has 0 aliphatic carbocycles. The van der Waals surface area contributed by atoms with E-state index in [2.05, 4.69) is 4.99 Å². The topological polar surface area (TPSA) is 85.2 Å². The van der Waals surface area contributed by atoms with Gasteiger partial charge in [0.1, 0.15) is 0 Å². The van der Waals surface area contributed by atoms with Gasteiger partial charge in [0.25, 0.3) is 0 Å². The van der Waals surface area contributed by atoms with Crippen molar-refractivity contribution in [3.63, 3.8) is 0 Å². The predicted molar refractivity (Wildman–Crippen MR) is 125 cm³/mol. The Labute approximate surface area is 194 Å². The maximum absolute atomic E-state index is 12.2. The molecule has 1 N–H and O–H groups in total. The van der Waals surface area contributed by atoms with Crippen LogP contribution in [0.5, 0.6) is 11.5 Å². The van der Waals surface area contributed by atoms with E-state index in [1.165, 1.54) is 31.5 Å². The van der Waals surface area contributed by atoms with Gasteiger partial charge in [0.15, 0.2) is 11.5 Å². The van der Waals surface area contributed by atoms with E-state index in [1.807, 2.05) is 0 Å². The van der Waals surface area contributed by atoms with E-state index in [4.69, 9.17) is 37.8 Å². The van der Waals surface area contributed by atoms with Crippen molar-refractivity contribution in [1.82, 2.24) is 0 Å². The van der Waals surface area contributed by atoms with Crippen molar-refractivity contribution in [2.45, 2.75) is 0 Å². The lowest BCUT2D eigenvalue weighted by Crippen LogP contribution is -2.06. The monoisotopic (exact) mass is 469 g/mol. The van der Waals surface area contributed by atoms with Gasteiger partial charge in [-0.25, -0.2) is 9.59 Å². The van der Waals surface area contributed by atoms with Crippen molar-refractivity contribution in [3.8, 4) is 11.5 Å². The van der Waals surface area contributed by atoms with Gasteiger partial charge in [-0.05, 0) is 65.7 Å². The van der Waals surface area contributed by atoms with Gasteiger partial charge in [-0.1, -0.05) is 35.3 Å². The molecule has 162 valence electrons. The van der Waals surface area contributed by atoms with Crippen LogP contribution in [0.25, 0.3) is 6.08 Å². The summed E-state index contributed by atoms with van der Waals surface area (Å²) in [5.74, 6) is -1.31. The Hall–Kier alpha value is -3.61. The molecule has 0 aliphatic heterocycles. The van der Waals surface area contributed by atoms with Crippen LogP contribution in [0.1, 0.15) is 21.5 Å². The maximum Gasteiger partial charge on any atom is 0.336 e. The molecule has 6 nitrogen and oxygen atoms in total. The van der Waals surface area contributed by atoms with Gasteiger partial charge in [0.05, 0.1) is 23.4 Å². The molecular weight excluding hydrogens is 453 g/mol. The number of aromatic carboxylic acids is 1. The molecule has 0 saturated heterocycles. The lowest BCUT2D eigenvalue weighted by atomic mass is 10.2. The lowest BCUT2D eigenvalue weighted by Gasteiger charge is -2.11. The first-order valence-electron chi connectivity index (χ1n) is 9.26. The average molecular weight is 470 g/mol. The first kappa shape index (κ1) is 23.1. The van der Waals surface area contributed by atoms with Crippen LogP contribution in [-0.2, 0) is 4.79 Å². The molecule has 0 atom stereocenters. The summed E-state index contributed by atoms with van der Waals surface area (Å²) in [7, 11) is 1.43.